The Morgan fingerprint density at radius 2 is 1.57 bits per heavy atom. The summed E-state index contributed by atoms with van der Waals surface area (Å²) < 4.78 is 77.5. The Bertz CT molecular complexity index is 741. The van der Waals surface area contributed by atoms with Crippen LogP contribution in [0.5, 0.6) is 0 Å². The van der Waals surface area contributed by atoms with Gasteiger partial charge in [0.2, 0.25) is 0 Å². The number of amides is 1. The molecule has 0 saturated carbocycles. The van der Waals surface area contributed by atoms with E-state index in [1.807, 2.05) is 0 Å². The molecule has 2 aromatic carbocycles. The minimum Gasteiger partial charge on any atom is -0.348 e. The molecule has 0 bridgehead atoms. The largest absolute Gasteiger partial charge is 0.416 e. The Balaban J connectivity index is 2.19. The Kier molecular flexibility index (Phi) is 4.63. The van der Waals surface area contributed by atoms with Crippen LogP contribution in [0.15, 0.2) is 36.4 Å². The summed E-state index contributed by atoms with van der Waals surface area (Å²) in [5, 5.41) is 2.08. The van der Waals surface area contributed by atoms with Gasteiger partial charge >= 0.3 is 6.18 Å². The molecule has 0 heterocycles. The van der Waals surface area contributed by atoms with Gasteiger partial charge < -0.3 is 5.32 Å². The van der Waals surface area contributed by atoms with E-state index < -0.39 is 47.2 Å². The van der Waals surface area contributed by atoms with Crippen LogP contribution in [0.25, 0.3) is 0 Å². The Morgan fingerprint density at radius 1 is 0.957 bits per heavy atom. The van der Waals surface area contributed by atoms with Crippen molar-refractivity contribution < 1.29 is 31.1 Å². The van der Waals surface area contributed by atoms with E-state index in [4.69, 9.17) is 0 Å². The van der Waals surface area contributed by atoms with E-state index in [-0.39, 0.29) is 5.56 Å². The average molecular weight is 333 g/mol. The summed E-state index contributed by atoms with van der Waals surface area (Å²) in [7, 11) is 0. The van der Waals surface area contributed by atoms with Gasteiger partial charge in [-0.2, -0.15) is 13.2 Å². The van der Waals surface area contributed by atoms with Crippen LogP contribution in [0, 0.1) is 17.5 Å². The van der Waals surface area contributed by atoms with Gasteiger partial charge in [0.15, 0.2) is 0 Å². The number of benzene rings is 2. The summed E-state index contributed by atoms with van der Waals surface area (Å²) in [6.45, 7) is -0.592. The van der Waals surface area contributed by atoms with Crippen molar-refractivity contribution in [1.29, 1.82) is 0 Å². The second kappa shape index (κ2) is 6.31. The molecule has 0 saturated heterocycles. The van der Waals surface area contributed by atoms with Crippen molar-refractivity contribution in [2.45, 2.75) is 12.7 Å². The van der Waals surface area contributed by atoms with E-state index in [2.05, 4.69) is 5.32 Å². The highest BCUT2D eigenvalue weighted by Crippen LogP contribution is 2.32. The van der Waals surface area contributed by atoms with Crippen molar-refractivity contribution in [2.24, 2.45) is 0 Å². The minimum absolute atomic E-state index is 0.306. The van der Waals surface area contributed by atoms with Gasteiger partial charge in [-0.15, -0.1) is 0 Å². The molecule has 0 aromatic heterocycles. The zero-order valence-corrected chi connectivity index (χ0v) is 11.3. The number of hydrogen-bond donors (Lipinski definition) is 1. The molecule has 122 valence electrons. The zero-order chi connectivity index (χ0) is 17.2. The van der Waals surface area contributed by atoms with Crippen LogP contribution in [-0.4, -0.2) is 5.91 Å². The highest BCUT2D eigenvalue weighted by atomic mass is 19.4. The van der Waals surface area contributed by atoms with Crippen molar-refractivity contribution in [3.8, 4) is 0 Å². The van der Waals surface area contributed by atoms with Gasteiger partial charge in [0, 0.05) is 12.6 Å². The topological polar surface area (TPSA) is 29.1 Å². The Labute approximate surface area is 126 Å². The van der Waals surface area contributed by atoms with E-state index in [0.717, 1.165) is 24.3 Å². The van der Waals surface area contributed by atoms with Gasteiger partial charge in [0.05, 0.1) is 11.1 Å². The highest BCUT2D eigenvalue weighted by Gasteiger charge is 2.33. The van der Waals surface area contributed by atoms with Gasteiger partial charge in [-0.05, 0) is 29.8 Å². The summed E-state index contributed by atoms with van der Waals surface area (Å²) >= 11 is 0. The molecule has 0 aliphatic rings. The zero-order valence-electron chi connectivity index (χ0n) is 11.3. The van der Waals surface area contributed by atoms with Gasteiger partial charge in [0.1, 0.15) is 17.5 Å². The van der Waals surface area contributed by atoms with Gasteiger partial charge in [-0.3, -0.25) is 4.79 Å². The third kappa shape index (κ3) is 4.02. The maximum absolute atomic E-state index is 13.4. The summed E-state index contributed by atoms with van der Waals surface area (Å²) in [5.41, 5.74) is -2.13. The molecule has 0 spiro atoms. The molecule has 0 fully saturated rings. The molecule has 0 radical (unpaired) electrons. The van der Waals surface area contributed by atoms with Crippen LogP contribution < -0.4 is 5.32 Å². The predicted octanol–water partition coefficient (Wildman–Crippen LogP) is 4.05. The monoisotopic (exact) mass is 333 g/mol. The second-order valence-electron chi connectivity index (χ2n) is 4.61. The molecule has 2 rings (SSSR count). The maximum Gasteiger partial charge on any atom is 0.416 e. The molecule has 8 heteroatoms. The summed E-state index contributed by atoms with van der Waals surface area (Å²) in [6, 6.07) is 4.19. The van der Waals surface area contributed by atoms with Crippen molar-refractivity contribution >= 4 is 5.91 Å². The third-order valence-corrected chi connectivity index (χ3v) is 2.99. The Hall–Kier alpha value is -2.51. The maximum atomic E-state index is 13.4. The smallest absolute Gasteiger partial charge is 0.348 e. The minimum atomic E-state index is -4.80. The van der Waals surface area contributed by atoms with Crippen LogP contribution >= 0.6 is 0 Å². The van der Waals surface area contributed by atoms with E-state index in [9.17, 15) is 31.1 Å². The van der Waals surface area contributed by atoms with E-state index in [1.165, 1.54) is 0 Å². The quantitative estimate of drug-likeness (QED) is 0.844. The lowest BCUT2D eigenvalue weighted by Crippen LogP contribution is -2.25. The molecule has 1 amide bonds. The first-order chi connectivity index (χ1) is 10.7. The van der Waals surface area contributed by atoms with E-state index in [1.54, 1.807) is 0 Å². The van der Waals surface area contributed by atoms with Crippen molar-refractivity contribution in [2.75, 3.05) is 0 Å². The summed E-state index contributed by atoms with van der Waals surface area (Å²) in [4.78, 5) is 11.7. The average Bonchev–Trinajstić information content (AvgIpc) is 2.44. The fourth-order valence-electron chi connectivity index (χ4n) is 1.91. The van der Waals surface area contributed by atoms with Gasteiger partial charge in [0.25, 0.3) is 5.91 Å². The number of halogens is 6. The second-order valence-corrected chi connectivity index (χ2v) is 4.61. The lowest BCUT2D eigenvalue weighted by molar-refractivity contribution is -0.138. The Morgan fingerprint density at radius 3 is 2.17 bits per heavy atom. The number of rotatable bonds is 3. The number of nitrogens with one attached hydrogen (secondary N) is 1. The van der Waals surface area contributed by atoms with Gasteiger partial charge in [-0.25, -0.2) is 13.2 Å². The van der Waals surface area contributed by atoms with Crippen LogP contribution in [-0.2, 0) is 12.7 Å². The lowest BCUT2D eigenvalue weighted by atomic mass is 10.1. The van der Waals surface area contributed by atoms with Crippen molar-refractivity contribution in [3.63, 3.8) is 0 Å². The number of carbonyl (C=O) groups excluding carboxylic acids is 1. The molecule has 2 aromatic rings. The standard InChI is InChI=1S/C15H9F6NO/c16-9-2-1-8(12(5-9)15(19,20)21)7-22-14(23)11-4-3-10(17)6-13(11)18/h1-6H,7H2,(H,22,23). The van der Waals surface area contributed by atoms with Crippen LogP contribution in [0.4, 0.5) is 26.3 Å². The van der Waals surface area contributed by atoms with Crippen LogP contribution in [0.1, 0.15) is 21.5 Å². The molecule has 23 heavy (non-hydrogen) atoms. The highest BCUT2D eigenvalue weighted by molar-refractivity contribution is 5.94. The van der Waals surface area contributed by atoms with Crippen molar-refractivity contribution in [3.05, 3.63) is 70.5 Å². The molecule has 0 unspecified atom stereocenters. The molecule has 1 N–H and O–H groups in total. The first-order valence-corrected chi connectivity index (χ1v) is 6.27. The molecule has 0 atom stereocenters. The summed E-state index contributed by atoms with van der Waals surface area (Å²) in [5.74, 6) is -4.12. The predicted molar refractivity (Wildman–Crippen MR) is 68.9 cm³/mol. The van der Waals surface area contributed by atoms with E-state index >= 15 is 0 Å². The molecule has 2 nitrogen and oxygen atoms in total. The normalized spacial score (nSPS) is 11.4. The molecule has 0 aliphatic heterocycles. The first-order valence-electron chi connectivity index (χ1n) is 6.27. The van der Waals surface area contributed by atoms with E-state index in [0.29, 0.717) is 12.1 Å². The first kappa shape index (κ1) is 16.9. The number of alkyl halides is 3. The lowest BCUT2D eigenvalue weighted by Gasteiger charge is -2.13. The molecule has 0 aliphatic carbocycles. The SMILES string of the molecule is O=C(NCc1ccc(F)cc1C(F)(F)F)c1ccc(F)cc1F. The van der Waals surface area contributed by atoms with Crippen molar-refractivity contribution in [1.82, 2.24) is 5.32 Å². The fraction of sp³-hybridized carbons (Fsp3) is 0.133. The van der Waals surface area contributed by atoms with Gasteiger partial charge in [-0.1, -0.05) is 6.07 Å². The van der Waals surface area contributed by atoms with Crippen LogP contribution in [0.3, 0.4) is 0 Å². The van der Waals surface area contributed by atoms with Crippen LogP contribution in [0.2, 0.25) is 0 Å². The molecular formula is C15H9F6NO. The fourth-order valence-corrected chi connectivity index (χ4v) is 1.91. The number of hydrogen-bond acceptors (Lipinski definition) is 1. The number of carbonyl (C=O) groups is 1. The summed E-state index contributed by atoms with van der Waals surface area (Å²) in [6.07, 6.45) is -4.80. The molecular weight excluding hydrogens is 324 g/mol. The third-order valence-electron chi connectivity index (χ3n) is 2.99.